The fourth-order valence-electron chi connectivity index (χ4n) is 5.23. The Labute approximate surface area is 207 Å². The van der Waals surface area contributed by atoms with Gasteiger partial charge in [-0.2, -0.15) is 0 Å². The van der Waals surface area contributed by atoms with Crippen LogP contribution in [0.1, 0.15) is 76.2 Å². The van der Waals surface area contributed by atoms with E-state index in [9.17, 15) is 0 Å². The van der Waals surface area contributed by atoms with Crippen LogP contribution in [0.3, 0.4) is 0 Å². The van der Waals surface area contributed by atoms with Crippen LogP contribution in [0.4, 0.5) is 0 Å². The van der Waals surface area contributed by atoms with Crippen LogP contribution in [0, 0.1) is 13.8 Å². The molecule has 2 aromatic heterocycles. The third kappa shape index (κ3) is 4.25. The van der Waals surface area contributed by atoms with E-state index in [1.807, 2.05) is 18.3 Å². The number of hydrogen-bond acceptors (Lipinski definition) is 4. The molecule has 0 N–H and O–H groups in total. The van der Waals surface area contributed by atoms with Crippen molar-refractivity contribution >= 4 is 11.3 Å². The van der Waals surface area contributed by atoms with Crippen molar-refractivity contribution in [1.29, 1.82) is 0 Å². The second kappa shape index (κ2) is 9.52. The van der Waals surface area contributed by atoms with Crippen molar-refractivity contribution in [2.45, 2.75) is 66.0 Å². The summed E-state index contributed by atoms with van der Waals surface area (Å²) in [6.45, 7) is 12.9. The summed E-state index contributed by atoms with van der Waals surface area (Å²) in [4.78, 5) is 10.5. The van der Waals surface area contributed by atoms with Gasteiger partial charge < -0.3 is 4.42 Å². The molecular formula is C30H34N2OS. The zero-order chi connectivity index (χ0) is 23.8. The van der Waals surface area contributed by atoms with Crippen LogP contribution >= 0.6 is 11.3 Å². The molecule has 1 aliphatic rings. The number of hydrogen-bond donors (Lipinski definition) is 0. The van der Waals surface area contributed by atoms with Crippen molar-refractivity contribution < 1.29 is 4.42 Å². The van der Waals surface area contributed by atoms with Crippen LogP contribution in [0.15, 0.2) is 59.0 Å². The molecule has 1 atom stereocenters. The smallest absolute Gasteiger partial charge is 0.226 e. The van der Waals surface area contributed by atoms with Crippen LogP contribution < -0.4 is 0 Å². The van der Waals surface area contributed by atoms with Gasteiger partial charge in [-0.1, -0.05) is 63.2 Å². The molecule has 0 saturated heterocycles. The number of rotatable bonds is 6. The van der Waals surface area contributed by atoms with E-state index < -0.39 is 0 Å². The summed E-state index contributed by atoms with van der Waals surface area (Å²) in [6, 6.07) is 19.8. The normalized spacial score (nSPS) is 16.2. The van der Waals surface area contributed by atoms with E-state index in [0.29, 0.717) is 5.92 Å². The van der Waals surface area contributed by atoms with Crippen molar-refractivity contribution in [3.63, 3.8) is 0 Å². The zero-order valence-electron chi connectivity index (χ0n) is 20.9. The number of aryl methyl sites for hydroxylation is 2. The Kier molecular flexibility index (Phi) is 6.46. The van der Waals surface area contributed by atoms with Gasteiger partial charge in [-0.15, -0.1) is 11.3 Å². The standard InChI is InChI=1S/C30H34N2OS/c1-6-25-21(5)34-29-26(25)16-17-32(28(29)23-10-8-7-9-11-23)18-27-20(4)33-30(31-27)24-14-12-22(13-15-24)19(2)3/h7-15,19,28H,6,16-18H2,1-5H3/t28-/m0/s1. The monoisotopic (exact) mass is 470 g/mol. The van der Waals surface area contributed by atoms with Gasteiger partial charge in [-0.05, 0) is 67.0 Å². The molecule has 3 nitrogen and oxygen atoms in total. The lowest BCUT2D eigenvalue weighted by molar-refractivity contribution is 0.204. The molecule has 176 valence electrons. The molecule has 0 unspecified atom stereocenters. The predicted octanol–water partition coefficient (Wildman–Crippen LogP) is 7.85. The molecule has 0 amide bonds. The highest BCUT2D eigenvalue weighted by Gasteiger charge is 2.33. The summed E-state index contributed by atoms with van der Waals surface area (Å²) in [6.07, 6.45) is 2.22. The van der Waals surface area contributed by atoms with E-state index in [4.69, 9.17) is 9.40 Å². The molecule has 0 radical (unpaired) electrons. The molecule has 3 heterocycles. The molecule has 2 aromatic carbocycles. The first-order chi connectivity index (χ1) is 16.5. The molecule has 4 aromatic rings. The SMILES string of the molecule is CCc1c(C)sc2c1CCN(Cc1nc(-c3ccc(C(C)C)cc3)oc1C)[C@H]2c1ccccc1. The molecule has 0 saturated carbocycles. The Morgan fingerprint density at radius 2 is 1.79 bits per heavy atom. The Morgan fingerprint density at radius 3 is 2.47 bits per heavy atom. The fraction of sp³-hybridized carbons (Fsp3) is 0.367. The van der Waals surface area contributed by atoms with Gasteiger partial charge in [-0.25, -0.2) is 4.98 Å². The minimum absolute atomic E-state index is 0.263. The van der Waals surface area contributed by atoms with Crippen molar-refractivity contribution in [2.75, 3.05) is 6.54 Å². The molecule has 34 heavy (non-hydrogen) atoms. The molecular weight excluding hydrogens is 436 g/mol. The van der Waals surface area contributed by atoms with Gasteiger partial charge in [0.25, 0.3) is 0 Å². The number of oxazole rings is 1. The summed E-state index contributed by atoms with van der Waals surface area (Å²) in [5, 5.41) is 0. The van der Waals surface area contributed by atoms with E-state index in [-0.39, 0.29) is 6.04 Å². The molecule has 0 aliphatic carbocycles. The highest BCUT2D eigenvalue weighted by Crippen LogP contribution is 2.43. The lowest BCUT2D eigenvalue weighted by Gasteiger charge is -2.36. The Balaban J connectivity index is 1.47. The highest BCUT2D eigenvalue weighted by atomic mass is 32.1. The predicted molar refractivity (Wildman–Crippen MR) is 142 cm³/mol. The van der Waals surface area contributed by atoms with Gasteiger partial charge >= 0.3 is 0 Å². The number of thiophene rings is 1. The van der Waals surface area contributed by atoms with E-state index in [2.05, 4.69) is 87.2 Å². The Morgan fingerprint density at radius 1 is 1.06 bits per heavy atom. The maximum atomic E-state index is 6.16. The second-order valence-corrected chi connectivity index (χ2v) is 10.9. The minimum atomic E-state index is 0.263. The highest BCUT2D eigenvalue weighted by molar-refractivity contribution is 7.12. The fourth-order valence-corrected chi connectivity index (χ4v) is 6.69. The molecule has 1 aliphatic heterocycles. The van der Waals surface area contributed by atoms with Gasteiger partial charge in [-0.3, -0.25) is 4.90 Å². The summed E-state index contributed by atoms with van der Waals surface area (Å²) in [5.74, 6) is 2.15. The minimum Gasteiger partial charge on any atom is -0.441 e. The summed E-state index contributed by atoms with van der Waals surface area (Å²) >= 11 is 1.98. The quantitative estimate of drug-likeness (QED) is 0.287. The number of benzene rings is 2. The molecule has 0 spiro atoms. The van der Waals surface area contributed by atoms with E-state index in [0.717, 1.165) is 48.8 Å². The third-order valence-electron chi connectivity index (χ3n) is 7.15. The van der Waals surface area contributed by atoms with Crippen molar-refractivity contribution in [2.24, 2.45) is 0 Å². The van der Waals surface area contributed by atoms with Crippen LogP contribution in [0.25, 0.3) is 11.5 Å². The van der Waals surface area contributed by atoms with Crippen molar-refractivity contribution in [3.05, 3.63) is 98.1 Å². The van der Waals surface area contributed by atoms with Crippen molar-refractivity contribution in [3.8, 4) is 11.5 Å². The summed E-state index contributed by atoms with van der Waals surface area (Å²) < 4.78 is 6.16. The third-order valence-corrected chi connectivity index (χ3v) is 8.39. The largest absolute Gasteiger partial charge is 0.441 e. The molecule has 4 heteroatoms. The summed E-state index contributed by atoms with van der Waals surface area (Å²) in [7, 11) is 0. The van der Waals surface area contributed by atoms with Crippen LogP contribution in [0.2, 0.25) is 0 Å². The summed E-state index contributed by atoms with van der Waals surface area (Å²) in [5.41, 5.74) is 7.91. The van der Waals surface area contributed by atoms with E-state index in [1.54, 1.807) is 11.1 Å². The van der Waals surface area contributed by atoms with E-state index in [1.165, 1.54) is 20.9 Å². The Bertz CT molecular complexity index is 1270. The maximum absolute atomic E-state index is 6.16. The lowest BCUT2D eigenvalue weighted by atomic mass is 9.91. The second-order valence-electron chi connectivity index (χ2n) is 9.67. The van der Waals surface area contributed by atoms with Crippen LogP contribution in [0.5, 0.6) is 0 Å². The average Bonchev–Trinajstić information content (AvgIpc) is 3.37. The maximum Gasteiger partial charge on any atom is 0.226 e. The first-order valence-electron chi connectivity index (χ1n) is 12.4. The van der Waals surface area contributed by atoms with Gasteiger partial charge in [0.15, 0.2) is 0 Å². The number of nitrogens with zero attached hydrogens (tertiary/aromatic N) is 2. The lowest BCUT2D eigenvalue weighted by Crippen LogP contribution is -2.35. The average molecular weight is 471 g/mol. The van der Waals surface area contributed by atoms with Gasteiger partial charge in [0.2, 0.25) is 5.89 Å². The van der Waals surface area contributed by atoms with Gasteiger partial charge in [0.05, 0.1) is 11.7 Å². The first kappa shape index (κ1) is 23.1. The van der Waals surface area contributed by atoms with Gasteiger partial charge in [0.1, 0.15) is 5.76 Å². The topological polar surface area (TPSA) is 29.3 Å². The number of aromatic nitrogens is 1. The zero-order valence-corrected chi connectivity index (χ0v) is 21.7. The van der Waals surface area contributed by atoms with Crippen LogP contribution in [-0.4, -0.2) is 16.4 Å². The van der Waals surface area contributed by atoms with E-state index >= 15 is 0 Å². The first-order valence-corrected chi connectivity index (χ1v) is 13.2. The molecule has 0 fully saturated rings. The van der Waals surface area contributed by atoms with Crippen LogP contribution in [-0.2, 0) is 19.4 Å². The molecule has 0 bridgehead atoms. The number of fused-ring (bicyclic) bond motifs is 1. The Hall–Kier alpha value is -2.69. The molecule has 5 rings (SSSR count). The van der Waals surface area contributed by atoms with Gasteiger partial charge in [0, 0.05) is 28.4 Å². The van der Waals surface area contributed by atoms with Crippen molar-refractivity contribution in [1.82, 2.24) is 9.88 Å².